The SMILES string of the molecule is S=C1NCCc2cc3c(cc21)OCO3. The highest BCUT2D eigenvalue weighted by atomic mass is 32.1. The van der Waals surface area contributed by atoms with Crippen LogP contribution in [0.3, 0.4) is 0 Å². The maximum Gasteiger partial charge on any atom is 0.231 e. The van der Waals surface area contributed by atoms with Crippen LogP contribution in [0, 0.1) is 0 Å². The number of fused-ring (bicyclic) bond motifs is 2. The normalized spacial score (nSPS) is 17.6. The molecule has 3 nitrogen and oxygen atoms in total. The fourth-order valence-corrected chi connectivity index (χ4v) is 2.10. The highest BCUT2D eigenvalue weighted by Gasteiger charge is 2.20. The van der Waals surface area contributed by atoms with E-state index in [1.165, 1.54) is 5.56 Å². The first kappa shape index (κ1) is 8.05. The monoisotopic (exact) mass is 207 g/mol. The highest BCUT2D eigenvalue weighted by molar-refractivity contribution is 7.80. The summed E-state index contributed by atoms with van der Waals surface area (Å²) in [4.78, 5) is 0.810. The molecule has 0 saturated carbocycles. The van der Waals surface area contributed by atoms with E-state index in [0.717, 1.165) is 35.0 Å². The van der Waals surface area contributed by atoms with Gasteiger partial charge in [-0.05, 0) is 24.1 Å². The molecule has 72 valence electrons. The Morgan fingerprint density at radius 2 is 2.00 bits per heavy atom. The van der Waals surface area contributed by atoms with Crippen LogP contribution in [0.25, 0.3) is 0 Å². The molecular formula is C10H9NO2S. The number of hydrogen-bond acceptors (Lipinski definition) is 3. The lowest BCUT2D eigenvalue weighted by molar-refractivity contribution is 0.174. The molecule has 0 bridgehead atoms. The van der Waals surface area contributed by atoms with Gasteiger partial charge in [-0.1, -0.05) is 12.2 Å². The van der Waals surface area contributed by atoms with Crippen molar-refractivity contribution in [2.24, 2.45) is 0 Å². The van der Waals surface area contributed by atoms with E-state index in [2.05, 4.69) is 5.32 Å². The summed E-state index contributed by atoms with van der Waals surface area (Å²) in [5, 5.41) is 3.16. The van der Waals surface area contributed by atoms with Crippen molar-refractivity contribution < 1.29 is 9.47 Å². The van der Waals surface area contributed by atoms with E-state index in [1.54, 1.807) is 0 Å². The van der Waals surface area contributed by atoms with Crippen molar-refractivity contribution in [3.8, 4) is 11.5 Å². The van der Waals surface area contributed by atoms with Crippen LogP contribution in [-0.2, 0) is 6.42 Å². The van der Waals surface area contributed by atoms with Gasteiger partial charge < -0.3 is 14.8 Å². The topological polar surface area (TPSA) is 30.5 Å². The Bertz CT molecular complexity index is 417. The van der Waals surface area contributed by atoms with Crippen molar-refractivity contribution in [2.45, 2.75) is 6.42 Å². The molecule has 2 heterocycles. The quantitative estimate of drug-likeness (QED) is 0.648. The minimum atomic E-state index is 0.318. The van der Waals surface area contributed by atoms with Gasteiger partial charge in [0.25, 0.3) is 0 Å². The minimum absolute atomic E-state index is 0.318. The summed E-state index contributed by atoms with van der Waals surface area (Å²) >= 11 is 5.22. The van der Waals surface area contributed by atoms with E-state index in [1.807, 2.05) is 12.1 Å². The van der Waals surface area contributed by atoms with Crippen LogP contribution in [0.1, 0.15) is 11.1 Å². The van der Waals surface area contributed by atoms with Crippen LogP contribution in [-0.4, -0.2) is 18.3 Å². The van der Waals surface area contributed by atoms with E-state index in [4.69, 9.17) is 21.7 Å². The third-order valence-corrected chi connectivity index (χ3v) is 2.89. The minimum Gasteiger partial charge on any atom is -0.454 e. The number of ether oxygens (including phenoxy) is 2. The lowest BCUT2D eigenvalue weighted by Gasteiger charge is -2.18. The Hall–Kier alpha value is -1.29. The Kier molecular flexibility index (Phi) is 1.64. The summed E-state index contributed by atoms with van der Waals surface area (Å²) in [6.07, 6.45) is 0.992. The largest absolute Gasteiger partial charge is 0.454 e. The molecule has 2 aliphatic rings. The number of hydrogen-bond donors (Lipinski definition) is 1. The van der Waals surface area contributed by atoms with Crippen molar-refractivity contribution in [2.75, 3.05) is 13.3 Å². The molecule has 1 aromatic rings. The summed E-state index contributed by atoms with van der Waals surface area (Å²) in [6, 6.07) is 4.00. The first-order valence-electron chi connectivity index (χ1n) is 4.55. The maximum atomic E-state index is 5.31. The Balaban J connectivity index is 2.17. The van der Waals surface area contributed by atoms with Gasteiger partial charge in [0.15, 0.2) is 11.5 Å². The molecule has 0 saturated heterocycles. The number of rotatable bonds is 0. The van der Waals surface area contributed by atoms with E-state index in [9.17, 15) is 0 Å². The fraction of sp³-hybridized carbons (Fsp3) is 0.300. The van der Waals surface area contributed by atoms with Crippen LogP contribution in [0.2, 0.25) is 0 Å². The Morgan fingerprint density at radius 1 is 1.21 bits per heavy atom. The molecule has 1 aromatic carbocycles. The zero-order valence-corrected chi connectivity index (χ0v) is 8.32. The molecule has 0 radical (unpaired) electrons. The van der Waals surface area contributed by atoms with Gasteiger partial charge in [-0.25, -0.2) is 0 Å². The standard InChI is InChI=1S/C10H9NO2S/c14-10-7-4-9-8(12-5-13-9)3-6(7)1-2-11-10/h3-4H,1-2,5H2,(H,11,14). The third-order valence-electron chi connectivity index (χ3n) is 2.52. The number of thiocarbonyl (C=S) groups is 1. The Labute approximate surface area is 87.0 Å². The van der Waals surface area contributed by atoms with Gasteiger partial charge in [0.05, 0.1) is 0 Å². The van der Waals surface area contributed by atoms with Crippen molar-refractivity contribution in [1.82, 2.24) is 5.32 Å². The second-order valence-electron chi connectivity index (χ2n) is 3.37. The van der Waals surface area contributed by atoms with E-state index in [-0.39, 0.29) is 0 Å². The lowest BCUT2D eigenvalue weighted by atomic mass is 10.0. The summed E-state index contributed by atoms with van der Waals surface area (Å²) in [5.41, 5.74) is 2.33. The molecule has 14 heavy (non-hydrogen) atoms. The first-order valence-corrected chi connectivity index (χ1v) is 4.96. The fourth-order valence-electron chi connectivity index (χ4n) is 1.81. The van der Waals surface area contributed by atoms with Gasteiger partial charge >= 0.3 is 0 Å². The maximum absolute atomic E-state index is 5.31. The van der Waals surface area contributed by atoms with Gasteiger partial charge in [-0.2, -0.15) is 0 Å². The van der Waals surface area contributed by atoms with Crippen molar-refractivity contribution in [3.05, 3.63) is 23.3 Å². The summed E-state index contributed by atoms with van der Waals surface area (Å²) in [7, 11) is 0. The van der Waals surface area contributed by atoms with Gasteiger partial charge in [0, 0.05) is 12.1 Å². The predicted octanol–water partition coefficient (Wildman–Crippen LogP) is 1.24. The smallest absolute Gasteiger partial charge is 0.231 e. The lowest BCUT2D eigenvalue weighted by Crippen LogP contribution is -2.30. The van der Waals surface area contributed by atoms with E-state index < -0.39 is 0 Å². The molecule has 0 unspecified atom stereocenters. The van der Waals surface area contributed by atoms with Gasteiger partial charge in [-0.15, -0.1) is 0 Å². The van der Waals surface area contributed by atoms with E-state index >= 15 is 0 Å². The molecule has 0 aliphatic carbocycles. The molecule has 1 N–H and O–H groups in total. The molecule has 0 atom stereocenters. The number of benzene rings is 1. The average Bonchev–Trinajstić information content (AvgIpc) is 2.62. The predicted molar refractivity (Wildman–Crippen MR) is 56.0 cm³/mol. The first-order chi connectivity index (χ1) is 6.84. The number of nitrogens with one attached hydrogen (secondary N) is 1. The van der Waals surface area contributed by atoms with Gasteiger partial charge in [-0.3, -0.25) is 0 Å². The van der Waals surface area contributed by atoms with Crippen molar-refractivity contribution >= 4 is 17.2 Å². The van der Waals surface area contributed by atoms with Crippen molar-refractivity contribution in [3.63, 3.8) is 0 Å². The molecule has 3 rings (SSSR count). The van der Waals surface area contributed by atoms with Crippen LogP contribution in [0.5, 0.6) is 11.5 Å². The summed E-state index contributed by atoms with van der Waals surface area (Å²) in [5.74, 6) is 1.64. The third kappa shape index (κ3) is 1.07. The average molecular weight is 207 g/mol. The zero-order chi connectivity index (χ0) is 9.54. The zero-order valence-electron chi connectivity index (χ0n) is 7.50. The molecule has 0 fully saturated rings. The van der Waals surface area contributed by atoms with Gasteiger partial charge in [0.1, 0.15) is 4.99 Å². The molecule has 0 amide bonds. The Morgan fingerprint density at radius 3 is 2.86 bits per heavy atom. The molecule has 4 heteroatoms. The molecule has 0 aromatic heterocycles. The van der Waals surface area contributed by atoms with Crippen LogP contribution >= 0.6 is 12.2 Å². The van der Waals surface area contributed by atoms with Crippen LogP contribution in [0.4, 0.5) is 0 Å². The molecule has 0 spiro atoms. The van der Waals surface area contributed by atoms with Crippen molar-refractivity contribution in [1.29, 1.82) is 0 Å². The summed E-state index contributed by atoms with van der Waals surface area (Å²) < 4.78 is 10.6. The van der Waals surface area contributed by atoms with Crippen LogP contribution in [0.15, 0.2) is 12.1 Å². The van der Waals surface area contributed by atoms with Gasteiger partial charge in [0.2, 0.25) is 6.79 Å². The molecule has 2 aliphatic heterocycles. The van der Waals surface area contributed by atoms with E-state index in [0.29, 0.717) is 6.79 Å². The summed E-state index contributed by atoms with van der Waals surface area (Å²) in [6.45, 7) is 1.23. The second-order valence-corrected chi connectivity index (χ2v) is 3.78. The highest BCUT2D eigenvalue weighted by Crippen LogP contribution is 2.35. The molecular weight excluding hydrogens is 198 g/mol. The van der Waals surface area contributed by atoms with Crippen LogP contribution < -0.4 is 14.8 Å². The second kappa shape index (κ2) is 2.85.